The second kappa shape index (κ2) is 4.50. The summed E-state index contributed by atoms with van der Waals surface area (Å²) in [5.41, 5.74) is 3.95. The van der Waals surface area contributed by atoms with E-state index in [0.29, 0.717) is 0 Å². The molecule has 0 saturated heterocycles. The molecule has 1 aromatic carbocycles. The number of nitrogens with two attached hydrogens (primary N) is 1. The number of aromatic nitrogens is 2. The Balaban J connectivity index is 2.39. The number of nitrogen functional groups attached to an aromatic ring is 1. The van der Waals surface area contributed by atoms with Gasteiger partial charge in [0.2, 0.25) is 0 Å². The van der Waals surface area contributed by atoms with Crippen molar-refractivity contribution < 1.29 is 17.2 Å². The molecule has 0 aliphatic heterocycles. The zero-order chi connectivity index (χ0) is 14.2. The summed E-state index contributed by atoms with van der Waals surface area (Å²) >= 11 is 0. The lowest BCUT2D eigenvalue weighted by molar-refractivity contribution is 0.588. The zero-order valence-electron chi connectivity index (χ0n) is 9.76. The molecule has 1 heterocycles. The first-order chi connectivity index (χ1) is 8.81. The summed E-state index contributed by atoms with van der Waals surface area (Å²) in [6.07, 6.45) is 2.52. The number of imidazole rings is 1. The highest BCUT2D eigenvalue weighted by Crippen LogP contribution is 2.24. The largest absolute Gasteiger partial charge is 0.394 e. The zero-order valence-corrected chi connectivity index (χ0v) is 10.6. The number of hydrogen-bond acceptors (Lipinski definition) is 4. The summed E-state index contributed by atoms with van der Waals surface area (Å²) in [7, 11) is -2.46. The monoisotopic (exact) mass is 288 g/mol. The summed E-state index contributed by atoms with van der Waals surface area (Å²) in [5.74, 6) is -2.13. The SMILES string of the molecule is Cn1cnc(S(=O)(=O)Nc2ccc(F)c(N)c2F)c1. The number of benzene rings is 1. The van der Waals surface area contributed by atoms with E-state index >= 15 is 0 Å². The Hall–Kier alpha value is -2.16. The van der Waals surface area contributed by atoms with Crippen molar-refractivity contribution in [3.8, 4) is 0 Å². The number of hydrogen-bond donors (Lipinski definition) is 2. The molecule has 19 heavy (non-hydrogen) atoms. The lowest BCUT2D eigenvalue weighted by atomic mass is 10.2. The topological polar surface area (TPSA) is 90.0 Å². The summed E-state index contributed by atoms with van der Waals surface area (Å²) in [4.78, 5) is 3.64. The molecule has 102 valence electrons. The van der Waals surface area contributed by atoms with E-state index in [0.717, 1.165) is 12.1 Å². The molecule has 6 nitrogen and oxygen atoms in total. The molecule has 0 atom stereocenters. The van der Waals surface area contributed by atoms with Crippen LogP contribution in [0.3, 0.4) is 0 Å². The molecule has 0 aliphatic carbocycles. The van der Waals surface area contributed by atoms with Crippen LogP contribution in [0.2, 0.25) is 0 Å². The van der Waals surface area contributed by atoms with Crippen molar-refractivity contribution in [2.45, 2.75) is 5.03 Å². The van der Waals surface area contributed by atoms with Crippen LogP contribution in [0.25, 0.3) is 0 Å². The molecule has 0 unspecified atom stereocenters. The Kier molecular flexibility index (Phi) is 3.14. The van der Waals surface area contributed by atoms with Crippen molar-refractivity contribution in [3.63, 3.8) is 0 Å². The minimum Gasteiger partial charge on any atom is -0.394 e. The molecule has 1 aromatic heterocycles. The predicted molar refractivity (Wildman–Crippen MR) is 64.8 cm³/mol. The fourth-order valence-electron chi connectivity index (χ4n) is 1.37. The van der Waals surface area contributed by atoms with Gasteiger partial charge in [-0.3, -0.25) is 4.72 Å². The van der Waals surface area contributed by atoms with Gasteiger partial charge in [-0.15, -0.1) is 0 Å². The van der Waals surface area contributed by atoms with Crippen LogP contribution in [-0.2, 0) is 17.1 Å². The molecule has 2 aromatic rings. The van der Waals surface area contributed by atoms with Crippen LogP contribution < -0.4 is 10.5 Å². The highest BCUT2D eigenvalue weighted by Gasteiger charge is 2.20. The van der Waals surface area contributed by atoms with Crippen molar-refractivity contribution in [3.05, 3.63) is 36.3 Å². The number of sulfonamides is 1. The van der Waals surface area contributed by atoms with Gasteiger partial charge in [0, 0.05) is 13.2 Å². The number of halogens is 2. The van der Waals surface area contributed by atoms with E-state index in [2.05, 4.69) is 4.98 Å². The number of anilines is 2. The van der Waals surface area contributed by atoms with Gasteiger partial charge in [0.1, 0.15) is 11.5 Å². The van der Waals surface area contributed by atoms with E-state index in [9.17, 15) is 17.2 Å². The Bertz CT molecular complexity index is 727. The highest BCUT2D eigenvalue weighted by molar-refractivity contribution is 7.92. The number of nitrogens with zero attached hydrogens (tertiary/aromatic N) is 2. The number of nitrogens with one attached hydrogen (secondary N) is 1. The van der Waals surface area contributed by atoms with Crippen LogP contribution in [0.4, 0.5) is 20.2 Å². The van der Waals surface area contributed by atoms with Crippen LogP contribution in [-0.4, -0.2) is 18.0 Å². The molecule has 0 aliphatic rings. The van der Waals surface area contributed by atoms with Gasteiger partial charge in [-0.25, -0.2) is 13.8 Å². The van der Waals surface area contributed by atoms with Crippen molar-refractivity contribution in [2.75, 3.05) is 10.5 Å². The fourth-order valence-corrected chi connectivity index (χ4v) is 2.42. The summed E-state index contributed by atoms with van der Waals surface area (Å²) in [6.45, 7) is 0. The molecule has 0 saturated carbocycles. The molecular formula is C10H10F2N4O2S. The van der Waals surface area contributed by atoms with Gasteiger partial charge in [0.25, 0.3) is 10.0 Å². The summed E-state index contributed by atoms with van der Waals surface area (Å²) in [5, 5.41) is -0.280. The third kappa shape index (κ3) is 2.50. The number of aryl methyl sites for hydroxylation is 1. The maximum Gasteiger partial charge on any atom is 0.281 e. The predicted octanol–water partition coefficient (Wildman–Crippen LogP) is 1.08. The highest BCUT2D eigenvalue weighted by atomic mass is 32.2. The molecule has 9 heteroatoms. The molecule has 0 amide bonds. The maximum atomic E-state index is 13.6. The van der Waals surface area contributed by atoms with Crippen LogP contribution in [0.5, 0.6) is 0 Å². The standard InChI is InChI=1S/C10H10F2N4O2S/c1-16-4-8(14-5-16)19(17,18)15-7-3-2-6(11)10(13)9(7)12/h2-5,15H,13H2,1H3. The Morgan fingerprint density at radius 2 is 2.05 bits per heavy atom. The summed E-state index contributed by atoms with van der Waals surface area (Å²) in [6, 6.07) is 1.82. The van der Waals surface area contributed by atoms with Crippen LogP contribution in [0, 0.1) is 11.6 Å². The van der Waals surface area contributed by atoms with E-state index in [1.54, 1.807) is 7.05 Å². The second-order valence-corrected chi connectivity index (χ2v) is 5.43. The van der Waals surface area contributed by atoms with E-state index < -0.39 is 33.0 Å². The molecule has 0 spiro atoms. The van der Waals surface area contributed by atoms with Crippen molar-refractivity contribution in [1.29, 1.82) is 0 Å². The third-order valence-corrected chi connectivity index (χ3v) is 3.58. The fraction of sp³-hybridized carbons (Fsp3) is 0.100. The van der Waals surface area contributed by atoms with Crippen molar-refractivity contribution in [1.82, 2.24) is 9.55 Å². The maximum absolute atomic E-state index is 13.6. The van der Waals surface area contributed by atoms with E-state index in [1.165, 1.54) is 17.1 Å². The van der Waals surface area contributed by atoms with Crippen LogP contribution in [0.15, 0.2) is 29.7 Å². The van der Waals surface area contributed by atoms with Gasteiger partial charge in [0.15, 0.2) is 10.8 Å². The molecule has 0 fully saturated rings. The minimum atomic E-state index is -4.04. The van der Waals surface area contributed by atoms with Gasteiger partial charge in [-0.1, -0.05) is 0 Å². The Labute approximate surface area is 107 Å². The lowest BCUT2D eigenvalue weighted by Crippen LogP contribution is -2.15. The van der Waals surface area contributed by atoms with Gasteiger partial charge >= 0.3 is 0 Å². The van der Waals surface area contributed by atoms with Crippen molar-refractivity contribution >= 4 is 21.4 Å². The van der Waals surface area contributed by atoms with Gasteiger partial charge in [0.05, 0.1) is 12.0 Å². The molecular weight excluding hydrogens is 278 g/mol. The average molecular weight is 288 g/mol. The normalized spacial score (nSPS) is 11.5. The quantitative estimate of drug-likeness (QED) is 0.827. The average Bonchev–Trinajstić information content (AvgIpc) is 2.78. The van der Waals surface area contributed by atoms with Crippen LogP contribution >= 0.6 is 0 Å². The third-order valence-electron chi connectivity index (χ3n) is 2.33. The van der Waals surface area contributed by atoms with E-state index in [1.807, 2.05) is 4.72 Å². The molecule has 0 radical (unpaired) electrons. The Morgan fingerprint density at radius 1 is 1.37 bits per heavy atom. The number of rotatable bonds is 3. The van der Waals surface area contributed by atoms with Gasteiger partial charge in [-0.05, 0) is 12.1 Å². The molecule has 3 N–H and O–H groups in total. The first kappa shape index (κ1) is 13.3. The van der Waals surface area contributed by atoms with Gasteiger partial charge < -0.3 is 10.3 Å². The first-order valence-corrected chi connectivity index (χ1v) is 6.54. The smallest absolute Gasteiger partial charge is 0.281 e. The van der Waals surface area contributed by atoms with E-state index in [4.69, 9.17) is 5.73 Å². The lowest BCUT2D eigenvalue weighted by Gasteiger charge is -2.08. The van der Waals surface area contributed by atoms with Crippen LogP contribution in [0.1, 0.15) is 0 Å². The van der Waals surface area contributed by atoms with Gasteiger partial charge in [-0.2, -0.15) is 8.42 Å². The van der Waals surface area contributed by atoms with E-state index in [-0.39, 0.29) is 5.03 Å². The Morgan fingerprint density at radius 3 is 2.63 bits per heavy atom. The molecule has 2 rings (SSSR count). The van der Waals surface area contributed by atoms with Crippen molar-refractivity contribution in [2.24, 2.45) is 7.05 Å². The summed E-state index contributed by atoms with van der Waals surface area (Å²) < 4.78 is 53.7. The molecule has 0 bridgehead atoms. The first-order valence-electron chi connectivity index (χ1n) is 5.05. The second-order valence-electron chi connectivity index (χ2n) is 3.81. The minimum absolute atomic E-state index is 0.280.